The molecular weight excluding hydrogens is 302 g/mol. The van der Waals surface area contributed by atoms with Crippen LogP contribution in [-0.4, -0.2) is 9.97 Å². The topological polar surface area (TPSA) is 37.8 Å². The first-order chi connectivity index (χ1) is 8.29. The fourth-order valence-electron chi connectivity index (χ4n) is 1.45. The number of alkyl halides is 1. The first-order valence-electron chi connectivity index (χ1n) is 5.13. The van der Waals surface area contributed by atoms with Gasteiger partial charge in [-0.25, -0.2) is 9.97 Å². The zero-order valence-corrected chi connectivity index (χ0v) is 11.4. The van der Waals surface area contributed by atoms with E-state index in [2.05, 4.69) is 43.3 Å². The Bertz CT molecular complexity index is 505. The van der Waals surface area contributed by atoms with Crippen molar-refractivity contribution < 1.29 is 0 Å². The van der Waals surface area contributed by atoms with Crippen molar-refractivity contribution >= 4 is 33.3 Å². The summed E-state index contributed by atoms with van der Waals surface area (Å²) in [5, 5.41) is 3.24. The van der Waals surface area contributed by atoms with Gasteiger partial charge in [0.15, 0.2) is 0 Å². The molecule has 0 amide bonds. The van der Waals surface area contributed by atoms with Gasteiger partial charge >= 0.3 is 0 Å². The van der Waals surface area contributed by atoms with E-state index < -0.39 is 0 Å². The highest BCUT2D eigenvalue weighted by Gasteiger charge is 2.00. The Morgan fingerprint density at radius 1 is 1.29 bits per heavy atom. The van der Waals surface area contributed by atoms with E-state index in [-0.39, 0.29) is 0 Å². The summed E-state index contributed by atoms with van der Waals surface area (Å²) < 4.78 is 0.855. The van der Waals surface area contributed by atoms with Crippen molar-refractivity contribution in [1.82, 2.24) is 9.97 Å². The molecule has 0 aliphatic rings. The zero-order chi connectivity index (χ0) is 12.1. The van der Waals surface area contributed by atoms with Crippen molar-refractivity contribution in [3.8, 4) is 0 Å². The minimum Gasteiger partial charge on any atom is -0.365 e. The number of benzene rings is 1. The number of aromatic nitrogens is 2. The molecule has 1 N–H and O–H groups in total. The number of halogens is 2. The average Bonchev–Trinajstić information content (AvgIpc) is 2.38. The van der Waals surface area contributed by atoms with Crippen LogP contribution in [0.25, 0.3) is 0 Å². The van der Waals surface area contributed by atoms with E-state index in [0.29, 0.717) is 12.4 Å². The third-order valence-electron chi connectivity index (χ3n) is 2.27. The number of nitrogens with one attached hydrogen (secondary N) is 1. The summed E-state index contributed by atoms with van der Waals surface area (Å²) in [6.45, 7) is 0.709. The van der Waals surface area contributed by atoms with E-state index in [4.69, 9.17) is 11.6 Å². The van der Waals surface area contributed by atoms with Gasteiger partial charge in [-0.2, -0.15) is 0 Å². The van der Waals surface area contributed by atoms with E-state index in [1.165, 1.54) is 11.9 Å². The molecule has 3 nitrogen and oxygen atoms in total. The molecule has 0 atom stereocenters. The maximum Gasteiger partial charge on any atom is 0.144 e. The van der Waals surface area contributed by atoms with Crippen LogP contribution in [0.5, 0.6) is 0 Å². The molecule has 1 heterocycles. The molecule has 0 saturated heterocycles. The third-order valence-corrected chi connectivity index (χ3v) is 3.16. The summed E-state index contributed by atoms with van der Waals surface area (Å²) in [5.41, 5.74) is 2.29. The first kappa shape index (κ1) is 12.3. The van der Waals surface area contributed by atoms with Gasteiger partial charge in [-0.1, -0.05) is 24.3 Å². The second-order valence-corrected chi connectivity index (χ2v) is 4.65. The van der Waals surface area contributed by atoms with Gasteiger partial charge in [-0.3, -0.25) is 0 Å². The van der Waals surface area contributed by atoms with Crippen LogP contribution < -0.4 is 5.32 Å². The first-order valence-corrected chi connectivity index (χ1v) is 6.45. The molecule has 88 valence electrons. The molecule has 0 fully saturated rings. The lowest BCUT2D eigenvalue weighted by molar-refractivity contribution is 1.07. The Balaban J connectivity index is 2.05. The summed E-state index contributed by atoms with van der Waals surface area (Å²) >= 11 is 9.18. The predicted octanol–water partition coefficient (Wildman–Crippen LogP) is 3.59. The summed E-state index contributed by atoms with van der Waals surface area (Å²) in [5.74, 6) is 1.32. The van der Waals surface area contributed by atoms with Crippen molar-refractivity contribution in [1.29, 1.82) is 0 Å². The molecular formula is C12H11BrClN3. The lowest BCUT2D eigenvalue weighted by Gasteiger charge is -2.07. The third kappa shape index (κ3) is 3.41. The largest absolute Gasteiger partial charge is 0.365 e. The monoisotopic (exact) mass is 311 g/mol. The standard InChI is InChI=1S/C12H11BrClN3/c13-11-7-15-8-17-12(11)16-6-10-3-1-2-9(4-10)5-14/h1-4,7-8H,5-6H2,(H,15,16,17). The molecule has 1 aromatic heterocycles. The number of hydrogen-bond acceptors (Lipinski definition) is 3. The van der Waals surface area contributed by atoms with Crippen LogP contribution in [0.1, 0.15) is 11.1 Å². The quantitative estimate of drug-likeness (QED) is 0.877. The van der Waals surface area contributed by atoms with E-state index in [1.54, 1.807) is 6.20 Å². The normalized spacial score (nSPS) is 10.2. The van der Waals surface area contributed by atoms with Crippen LogP contribution in [0.3, 0.4) is 0 Å². The van der Waals surface area contributed by atoms with E-state index in [1.807, 2.05) is 12.1 Å². The molecule has 0 aliphatic carbocycles. The molecule has 0 aliphatic heterocycles. The van der Waals surface area contributed by atoms with Gasteiger partial charge in [0.1, 0.15) is 12.1 Å². The highest BCUT2D eigenvalue weighted by molar-refractivity contribution is 9.10. The highest BCUT2D eigenvalue weighted by atomic mass is 79.9. The molecule has 5 heteroatoms. The fourth-order valence-corrected chi connectivity index (χ4v) is 1.98. The van der Waals surface area contributed by atoms with Crippen molar-refractivity contribution in [2.24, 2.45) is 0 Å². The highest BCUT2D eigenvalue weighted by Crippen LogP contribution is 2.18. The zero-order valence-electron chi connectivity index (χ0n) is 9.03. The predicted molar refractivity (Wildman–Crippen MR) is 73.1 cm³/mol. The molecule has 1 aromatic carbocycles. The Kier molecular flexibility index (Phi) is 4.34. The summed E-state index contributed by atoms with van der Waals surface area (Å²) in [4.78, 5) is 8.05. The second kappa shape index (κ2) is 5.98. The SMILES string of the molecule is ClCc1cccc(CNc2ncncc2Br)c1. The van der Waals surface area contributed by atoms with Gasteiger partial charge < -0.3 is 5.32 Å². The smallest absolute Gasteiger partial charge is 0.144 e. The van der Waals surface area contributed by atoms with Crippen LogP contribution in [0.15, 0.2) is 41.3 Å². The fraction of sp³-hybridized carbons (Fsp3) is 0.167. The van der Waals surface area contributed by atoms with E-state index >= 15 is 0 Å². The van der Waals surface area contributed by atoms with Gasteiger partial charge in [-0.05, 0) is 27.1 Å². The van der Waals surface area contributed by atoms with Gasteiger partial charge in [0, 0.05) is 18.6 Å². The van der Waals surface area contributed by atoms with Gasteiger partial charge in [0.2, 0.25) is 0 Å². The lowest BCUT2D eigenvalue weighted by Crippen LogP contribution is -2.02. The molecule has 0 spiro atoms. The molecule has 2 aromatic rings. The molecule has 2 rings (SSSR count). The Morgan fingerprint density at radius 3 is 2.88 bits per heavy atom. The van der Waals surface area contributed by atoms with Gasteiger partial charge in [0.05, 0.1) is 4.47 Å². The van der Waals surface area contributed by atoms with Crippen LogP contribution in [0.4, 0.5) is 5.82 Å². The summed E-state index contributed by atoms with van der Waals surface area (Å²) in [6, 6.07) is 8.15. The van der Waals surface area contributed by atoms with Crippen molar-refractivity contribution in [3.05, 3.63) is 52.4 Å². The Labute approximate surface area is 113 Å². The maximum atomic E-state index is 5.79. The van der Waals surface area contributed by atoms with E-state index in [0.717, 1.165) is 15.9 Å². The molecule has 0 saturated carbocycles. The van der Waals surface area contributed by atoms with Crippen molar-refractivity contribution in [2.75, 3.05) is 5.32 Å². The van der Waals surface area contributed by atoms with Crippen molar-refractivity contribution in [2.45, 2.75) is 12.4 Å². The molecule has 0 bridgehead atoms. The Morgan fingerprint density at radius 2 is 2.12 bits per heavy atom. The minimum absolute atomic E-state index is 0.533. The average molecular weight is 313 g/mol. The van der Waals surface area contributed by atoms with E-state index in [9.17, 15) is 0 Å². The number of rotatable bonds is 4. The molecule has 17 heavy (non-hydrogen) atoms. The van der Waals surface area contributed by atoms with Crippen LogP contribution in [0.2, 0.25) is 0 Å². The summed E-state index contributed by atoms with van der Waals surface area (Å²) in [7, 11) is 0. The van der Waals surface area contributed by atoms with Crippen LogP contribution >= 0.6 is 27.5 Å². The number of anilines is 1. The molecule has 0 radical (unpaired) electrons. The summed E-state index contributed by atoms with van der Waals surface area (Å²) in [6.07, 6.45) is 3.23. The minimum atomic E-state index is 0.533. The second-order valence-electron chi connectivity index (χ2n) is 3.53. The van der Waals surface area contributed by atoms with Gasteiger partial charge in [0.25, 0.3) is 0 Å². The number of nitrogens with zero attached hydrogens (tertiary/aromatic N) is 2. The van der Waals surface area contributed by atoms with Crippen LogP contribution in [0, 0.1) is 0 Å². The Hall–Kier alpha value is -1.13. The maximum absolute atomic E-state index is 5.79. The lowest BCUT2D eigenvalue weighted by atomic mass is 10.1. The molecule has 0 unspecified atom stereocenters. The van der Waals surface area contributed by atoms with Crippen LogP contribution in [-0.2, 0) is 12.4 Å². The van der Waals surface area contributed by atoms with Gasteiger partial charge in [-0.15, -0.1) is 11.6 Å². The van der Waals surface area contributed by atoms with Crippen molar-refractivity contribution in [3.63, 3.8) is 0 Å². The number of hydrogen-bond donors (Lipinski definition) is 1.